The Morgan fingerprint density at radius 1 is 0.970 bits per heavy atom. The molecule has 3 aromatic carbocycles. The van der Waals surface area contributed by atoms with E-state index >= 15 is 0 Å². The number of halogens is 1. The second-order valence-electron chi connectivity index (χ2n) is 8.78. The molecule has 1 aliphatic heterocycles. The third-order valence-electron chi connectivity index (χ3n) is 6.47. The van der Waals surface area contributed by atoms with Crippen LogP contribution in [-0.4, -0.2) is 42.6 Å². The number of hydrogen-bond donors (Lipinski definition) is 0. The van der Waals surface area contributed by atoms with Crippen LogP contribution in [0.1, 0.15) is 5.56 Å². The fourth-order valence-corrected chi connectivity index (χ4v) is 4.69. The van der Waals surface area contributed by atoms with Gasteiger partial charge >= 0.3 is 5.88 Å². The zero-order valence-corrected chi connectivity index (χ0v) is 20.6. The van der Waals surface area contributed by atoms with Crippen LogP contribution in [0.4, 0.5) is 11.6 Å². The number of piperazine rings is 1. The maximum absolute atomic E-state index is 11.7. The number of nitrogens with zero attached hydrogens (tertiary/aromatic N) is 3. The summed E-state index contributed by atoms with van der Waals surface area (Å²) < 4.78 is 6.58. The zero-order chi connectivity index (χ0) is 22.1. The lowest BCUT2D eigenvalue weighted by Gasteiger charge is -2.43. The van der Waals surface area contributed by atoms with Crippen LogP contribution in [0, 0.1) is 10.1 Å². The first-order valence-electron chi connectivity index (χ1n) is 10.9. The number of fused-ring (bicyclic) bond motifs is 1. The van der Waals surface area contributed by atoms with Gasteiger partial charge in [-0.15, -0.1) is 0 Å². The van der Waals surface area contributed by atoms with Crippen molar-refractivity contribution in [3.63, 3.8) is 0 Å². The SMILES string of the molecule is C[N+]1(Cc2ccc3oc([N+](=O)[O-])c(-c4ccccc4)c3c2)CCN(c2ccccc2)CC1.[I-]. The topological polar surface area (TPSA) is 59.5 Å². The molecule has 0 bridgehead atoms. The number of furan rings is 1. The summed E-state index contributed by atoms with van der Waals surface area (Å²) in [6.07, 6.45) is 0. The summed E-state index contributed by atoms with van der Waals surface area (Å²) in [5, 5.41) is 12.5. The molecule has 0 radical (unpaired) electrons. The van der Waals surface area contributed by atoms with Crippen molar-refractivity contribution in [3.05, 3.63) is 94.5 Å². The molecule has 1 fully saturated rings. The first-order valence-corrected chi connectivity index (χ1v) is 10.9. The van der Waals surface area contributed by atoms with Crippen LogP contribution in [-0.2, 0) is 6.54 Å². The Balaban J connectivity index is 0.00000259. The normalized spacial score (nSPS) is 15.2. The minimum Gasteiger partial charge on any atom is -1.00 e. The van der Waals surface area contributed by atoms with Gasteiger partial charge < -0.3 is 37.8 Å². The lowest BCUT2D eigenvalue weighted by atomic mass is 10.0. The zero-order valence-electron chi connectivity index (χ0n) is 18.5. The largest absolute Gasteiger partial charge is 1.00 e. The minimum absolute atomic E-state index is 0. The van der Waals surface area contributed by atoms with Gasteiger partial charge in [0.05, 0.1) is 33.2 Å². The van der Waals surface area contributed by atoms with E-state index in [9.17, 15) is 10.1 Å². The second kappa shape index (κ2) is 9.52. The molecule has 0 spiro atoms. The smallest absolute Gasteiger partial charge is 0.442 e. The lowest BCUT2D eigenvalue weighted by molar-refractivity contribution is -0.923. The molecular formula is C26H26IN3O3. The first-order chi connectivity index (χ1) is 15.5. The Morgan fingerprint density at radius 2 is 1.61 bits per heavy atom. The van der Waals surface area contributed by atoms with Gasteiger partial charge in [-0.3, -0.25) is 10.1 Å². The molecule has 2 heterocycles. The number of likely N-dealkylation sites (N-methyl/N-ethyl adjacent to an activating group) is 1. The first kappa shape index (κ1) is 23.3. The lowest BCUT2D eigenvalue weighted by Crippen LogP contribution is -3.00. The summed E-state index contributed by atoms with van der Waals surface area (Å²) in [5.41, 5.74) is 4.35. The number of para-hydroxylation sites is 1. The molecule has 5 rings (SSSR count). The third kappa shape index (κ3) is 4.74. The standard InChI is InChI=1S/C26H26N3O3.HI/c1-29(16-14-27(15-17-29)22-10-6-3-7-11-22)19-20-12-13-24-23(18-20)25(26(32-24)28(30)31)21-8-4-2-5-9-21;/h2-13,18H,14-17,19H2,1H3;1H/q+1;/p-1. The van der Waals surface area contributed by atoms with E-state index in [-0.39, 0.29) is 29.9 Å². The molecule has 7 heteroatoms. The number of rotatable bonds is 5. The summed E-state index contributed by atoms with van der Waals surface area (Å²) in [6.45, 7) is 4.99. The van der Waals surface area contributed by atoms with Gasteiger partial charge in [-0.05, 0) is 35.9 Å². The molecule has 0 aliphatic carbocycles. The molecular weight excluding hydrogens is 529 g/mol. The summed E-state index contributed by atoms with van der Waals surface area (Å²) in [5.74, 6) is -0.194. The van der Waals surface area contributed by atoms with Gasteiger partial charge in [0.2, 0.25) is 0 Å². The van der Waals surface area contributed by atoms with Gasteiger partial charge in [-0.25, -0.2) is 0 Å². The Hall–Kier alpha value is -2.91. The van der Waals surface area contributed by atoms with Crippen molar-refractivity contribution in [1.82, 2.24) is 0 Å². The number of benzene rings is 3. The van der Waals surface area contributed by atoms with Crippen LogP contribution in [0.5, 0.6) is 0 Å². The Morgan fingerprint density at radius 3 is 2.24 bits per heavy atom. The average Bonchev–Trinajstić information content (AvgIpc) is 3.20. The van der Waals surface area contributed by atoms with Crippen molar-refractivity contribution in [2.45, 2.75) is 6.54 Å². The van der Waals surface area contributed by atoms with Gasteiger partial charge in [0.25, 0.3) is 0 Å². The van der Waals surface area contributed by atoms with Crippen molar-refractivity contribution >= 4 is 22.5 Å². The van der Waals surface area contributed by atoms with E-state index in [0.717, 1.165) is 48.2 Å². The van der Waals surface area contributed by atoms with Gasteiger partial charge in [0, 0.05) is 16.6 Å². The predicted molar refractivity (Wildman–Crippen MR) is 127 cm³/mol. The van der Waals surface area contributed by atoms with Gasteiger partial charge in [0.15, 0.2) is 0 Å². The van der Waals surface area contributed by atoms with E-state index < -0.39 is 4.92 Å². The molecule has 1 aromatic heterocycles. The van der Waals surface area contributed by atoms with Crippen LogP contribution < -0.4 is 28.9 Å². The Labute approximate surface area is 210 Å². The van der Waals surface area contributed by atoms with Crippen molar-refractivity contribution < 1.29 is 37.8 Å². The molecule has 170 valence electrons. The highest BCUT2D eigenvalue weighted by Gasteiger charge is 2.30. The quantitative estimate of drug-likeness (QED) is 0.164. The highest BCUT2D eigenvalue weighted by molar-refractivity contribution is 5.98. The van der Waals surface area contributed by atoms with Gasteiger partial charge in [-0.1, -0.05) is 48.5 Å². The Kier molecular flexibility index (Phi) is 6.71. The van der Waals surface area contributed by atoms with E-state index in [4.69, 9.17) is 4.42 Å². The molecule has 1 saturated heterocycles. The second-order valence-corrected chi connectivity index (χ2v) is 8.78. The fourth-order valence-electron chi connectivity index (χ4n) is 4.69. The molecule has 0 atom stereocenters. The number of nitro groups is 1. The van der Waals surface area contributed by atoms with E-state index in [1.54, 1.807) is 0 Å². The number of quaternary nitrogens is 1. The van der Waals surface area contributed by atoms with Crippen LogP contribution in [0.25, 0.3) is 22.1 Å². The minimum atomic E-state index is -0.432. The molecule has 33 heavy (non-hydrogen) atoms. The van der Waals surface area contributed by atoms with E-state index in [0.29, 0.717) is 11.1 Å². The van der Waals surface area contributed by atoms with Crippen LogP contribution >= 0.6 is 0 Å². The summed E-state index contributed by atoms with van der Waals surface area (Å²) in [7, 11) is 2.29. The average molecular weight is 555 g/mol. The molecule has 6 nitrogen and oxygen atoms in total. The highest BCUT2D eigenvalue weighted by atomic mass is 127. The van der Waals surface area contributed by atoms with Crippen LogP contribution in [0.15, 0.2) is 83.3 Å². The monoisotopic (exact) mass is 555 g/mol. The third-order valence-corrected chi connectivity index (χ3v) is 6.47. The summed E-state index contributed by atoms with van der Waals surface area (Å²) in [6, 6.07) is 26.0. The maximum atomic E-state index is 11.7. The van der Waals surface area contributed by atoms with Crippen molar-refractivity contribution in [2.24, 2.45) is 0 Å². The van der Waals surface area contributed by atoms with Crippen LogP contribution in [0.3, 0.4) is 0 Å². The van der Waals surface area contributed by atoms with Crippen molar-refractivity contribution in [1.29, 1.82) is 0 Å². The molecule has 0 N–H and O–H groups in total. The Bertz CT molecular complexity index is 1250. The molecule has 0 amide bonds. The van der Waals surface area contributed by atoms with Gasteiger partial charge in [-0.2, -0.15) is 0 Å². The molecule has 0 saturated carbocycles. The fraction of sp³-hybridized carbons (Fsp3) is 0.231. The molecule has 1 aliphatic rings. The molecule has 0 unspecified atom stereocenters. The maximum Gasteiger partial charge on any atom is 0.442 e. The van der Waals surface area contributed by atoms with E-state index in [2.05, 4.69) is 42.3 Å². The van der Waals surface area contributed by atoms with Gasteiger partial charge in [0.1, 0.15) is 22.6 Å². The van der Waals surface area contributed by atoms with E-state index in [1.807, 2.05) is 48.5 Å². The van der Waals surface area contributed by atoms with E-state index in [1.165, 1.54) is 11.3 Å². The highest BCUT2D eigenvalue weighted by Crippen LogP contribution is 2.40. The van der Waals surface area contributed by atoms with Crippen molar-refractivity contribution in [3.8, 4) is 11.1 Å². The summed E-state index contributed by atoms with van der Waals surface area (Å²) in [4.78, 5) is 13.7. The molecule has 4 aromatic rings. The number of anilines is 1. The predicted octanol–water partition coefficient (Wildman–Crippen LogP) is 2.48. The number of hydrogen-bond acceptors (Lipinski definition) is 4. The van der Waals surface area contributed by atoms with Crippen molar-refractivity contribution in [2.75, 3.05) is 38.1 Å². The van der Waals surface area contributed by atoms with Crippen LogP contribution in [0.2, 0.25) is 0 Å². The summed E-state index contributed by atoms with van der Waals surface area (Å²) >= 11 is 0.